The van der Waals surface area contributed by atoms with Crippen molar-refractivity contribution in [3.8, 4) is 0 Å². The smallest absolute Gasteiger partial charge is 0.251 e. The average molecular weight is 351 g/mol. The summed E-state index contributed by atoms with van der Waals surface area (Å²) >= 11 is 3.29. The fraction of sp³-hybridized carbons (Fsp3) is 0.333. The van der Waals surface area contributed by atoms with Crippen molar-refractivity contribution in [1.29, 1.82) is 0 Å². The van der Waals surface area contributed by atoms with Crippen LogP contribution in [-0.2, 0) is 4.79 Å². The van der Waals surface area contributed by atoms with Gasteiger partial charge in [-0.05, 0) is 25.2 Å². The summed E-state index contributed by atoms with van der Waals surface area (Å²) in [5, 5.41) is 8.15. The normalized spacial score (nSPS) is 9.37. The van der Waals surface area contributed by atoms with Crippen molar-refractivity contribution >= 4 is 40.2 Å². The summed E-state index contributed by atoms with van der Waals surface area (Å²) in [6.07, 6.45) is 0. The molecule has 0 aliphatic rings. The lowest BCUT2D eigenvalue weighted by Gasteiger charge is -2.06. The minimum atomic E-state index is -0.264. The molecule has 0 atom stereocenters. The van der Waals surface area contributed by atoms with Crippen LogP contribution in [0, 0.1) is 0 Å². The monoisotopic (exact) mass is 349 g/mol. The number of carbonyl (C=O) groups excluding carboxylic acids is 2. The highest BCUT2D eigenvalue weighted by Crippen LogP contribution is 2.11. The third-order valence-corrected chi connectivity index (χ3v) is 2.69. The predicted molar refractivity (Wildman–Crippen MR) is 80.7 cm³/mol. The number of likely N-dealkylation sites (N-methyl/N-ethyl adjacent to an activating group) is 1. The van der Waals surface area contributed by atoms with Gasteiger partial charge in [-0.15, -0.1) is 12.4 Å². The van der Waals surface area contributed by atoms with Crippen LogP contribution in [0.25, 0.3) is 0 Å². The van der Waals surface area contributed by atoms with Gasteiger partial charge >= 0.3 is 0 Å². The quantitative estimate of drug-likeness (QED) is 0.669. The molecule has 106 valence electrons. The number of hydrogen-bond acceptors (Lipinski definition) is 3. The third-order valence-electron chi connectivity index (χ3n) is 2.19. The maximum absolute atomic E-state index is 11.7. The van der Waals surface area contributed by atoms with Gasteiger partial charge in [-0.25, -0.2) is 0 Å². The molecule has 0 aliphatic carbocycles. The van der Waals surface area contributed by atoms with E-state index in [1.807, 2.05) is 6.07 Å². The Morgan fingerprint density at radius 3 is 2.58 bits per heavy atom. The fourth-order valence-electron chi connectivity index (χ4n) is 1.28. The first-order chi connectivity index (χ1) is 8.63. The number of nitrogens with one attached hydrogen (secondary N) is 3. The van der Waals surface area contributed by atoms with E-state index in [1.54, 1.807) is 25.2 Å². The molecule has 19 heavy (non-hydrogen) atoms. The van der Waals surface area contributed by atoms with Gasteiger partial charge in [0, 0.05) is 23.1 Å². The van der Waals surface area contributed by atoms with Crippen LogP contribution in [0.2, 0.25) is 0 Å². The van der Waals surface area contributed by atoms with Crippen molar-refractivity contribution in [3.05, 3.63) is 34.3 Å². The summed E-state index contributed by atoms with van der Waals surface area (Å²) in [6.45, 7) is 1.22. The maximum atomic E-state index is 11.7. The molecular weight excluding hydrogens is 334 g/mol. The largest absolute Gasteiger partial charge is 0.353 e. The van der Waals surface area contributed by atoms with Crippen molar-refractivity contribution in [3.63, 3.8) is 0 Å². The topological polar surface area (TPSA) is 70.2 Å². The Hall–Kier alpha value is -1.11. The van der Waals surface area contributed by atoms with E-state index in [2.05, 4.69) is 31.9 Å². The second kappa shape index (κ2) is 9.77. The molecule has 0 aromatic heterocycles. The molecule has 0 fully saturated rings. The van der Waals surface area contributed by atoms with Gasteiger partial charge in [-0.2, -0.15) is 0 Å². The molecule has 1 aromatic carbocycles. The van der Waals surface area contributed by atoms with Crippen molar-refractivity contribution in [2.45, 2.75) is 0 Å². The molecule has 7 heteroatoms. The highest BCUT2D eigenvalue weighted by atomic mass is 79.9. The van der Waals surface area contributed by atoms with Crippen LogP contribution in [0.1, 0.15) is 10.4 Å². The highest BCUT2D eigenvalue weighted by Gasteiger charge is 2.07. The summed E-state index contributed by atoms with van der Waals surface area (Å²) in [6, 6.07) is 7.00. The lowest BCUT2D eigenvalue weighted by atomic mass is 10.2. The van der Waals surface area contributed by atoms with Crippen LogP contribution >= 0.6 is 28.3 Å². The zero-order valence-electron chi connectivity index (χ0n) is 10.5. The molecule has 1 rings (SSSR count). The van der Waals surface area contributed by atoms with Crippen LogP contribution in [0.5, 0.6) is 0 Å². The number of hydrogen-bond donors (Lipinski definition) is 3. The van der Waals surface area contributed by atoms with Gasteiger partial charge in [0.05, 0.1) is 6.54 Å². The molecular formula is C12H17BrClN3O2. The second-order valence-electron chi connectivity index (χ2n) is 3.65. The summed E-state index contributed by atoms with van der Waals surface area (Å²) in [4.78, 5) is 23.1. The summed E-state index contributed by atoms with van der Waals surface area (Å²) in [7, 11) is 1.81. The summed E-state index contributed by atoms with van der Waals surface area (Å²) in [5.41, 5.74) is 0.521. The highest BCUT2D eigenvalue weighted by molar-refractivity contribution is 9.10. The molecule has 0 unspecified atom stereocenters. The summed E-state index contributed by atoms with van der Waals surface area (Å²) < 4.78 is 0.827. The zero-order valence-corrected chi connectivity index (χ0v) is 12.9. The third kappa shape index (κ3) is 7.15. The Kier molecular flexibility index (Phi) is 9.20. The Bertz CT molecular complexity index is 429. The molecule has 0 saturated heterocycles. The van der Waals surface area contributed by atoms with Crippen molar-refractivity contribution in [2.75, 3.05) is 26.7 Å². The van der Waals surface area contributed by atoms with Gasteiger partial charge in [0.1, 0.15) is 0 Å². The van der Waals surface area contributed by atoms with E-state index in [-0.39, 0.29) is 30.8 Å². The molecule has 0 bridgehead atoms. The minimum absolute atomic E-state index is 0. The van der Waals surface area contributed by atoms with E-state index < -0.39 is 0 Å². The van der Waals surface area contributed by atoms with E-state index >= 15 is 0 Å². The van der Waals surface area contributed by atoms with E-state index in [1.165, 1.54) is 0 Å². The lowest BCUT2D eigenvalue weighted by Crippen LogP contribution is -2.39. The molecule has 0 radical (unpaired) electrons. The van der Waals surface area contributed by atoms with Crippen LogP contribution in [0.3, 0.4) is 0 Å². The van der Waals surface area contributed by atoms with Crippen LogP contribution in [0.15, 0.2) is 28.7 Å². The Balaban J connectivity index is 0.00000324. The van der Waals surface area contributed by atoms with E-state index in [9.17, 15) is 9.59 Å². The Morgan fingerprint density at radius 1 is 1.21 bits per heavy atom. The lowest BCUT2D eigenvalue weighted by molar-refractivity contribution is -0.120. The van der Waals surface area contributed by atoms with E-state index in [0.717, 1.165) is 4.47 Å². The molecule has 0 saturated carbocycles. The van der Waals surface area contributed by atoms with E-state index in [0.29, 0.717) is 18.7 Å². The van der Waals surface area contributed by atoms with Gasteiger partial charge < -0.3 is 16.0 Å². The van der Waals surface area contributed by atoms with Gasteiger partial charge in [-0.1, -0.05) is 22.0 Å². The number of benzene rings is 1. The number of carbonyl (C=O) groups is 2. The number of amides is 2. The van der Waals surface area contributed by atoms with Crippen LogP contribution < -0.4 is 16.0 Å². The Morgan fingerprint density at radius 2 is 1.95 bits per heavy atom. The first kappa shape index (κ1) is 17.9. The molecule has 0 spiro atoms. The summed E-state index contributed by atoms with van der Waals surface area (Å²) in [5.74, 6) is -0.464. The zero-order chi connectivity index (χ0) is 13.4. The van der Waals surface area contributed by atoms with Crippen molar-refractivity contribution in [1.82, 2.24) is 16.0 Å². The fourth-order valence-corrected chi connectivity index (χ4v) is 1.68. The minimum Gasteiger partial charge on any atom is -0.353 e. The first-order valence-electron chi connectivity index (χ1n) is 5.58. The average Bonchev–Trinajstić information content (AvgIpc) is 2.36. The predicted octanol–water partition coefficient (Wildman–Crippen LogP) is 0.936. The molecule has 3 N–H and O–H groups in total. The van der Waals surface area contributed by atoms with Crippen molar-refractivity contribution < 1.29 is 9.59 Å². The second-order valence-corrected chi connectivity index (χ2v) is 4.56. The van der Waals surface area contributed by atoms with Crippen LogP contribution in [-0.4, -0.2) is 38.5 Å². The van der Waals surface area contributed by atoms with E-state index in [4.69, 9.17) is 0 Å². The Labute approximate surface area is 127 Å². The first-order valence-corrected chi connectivity index (χ1v) is 6.38. The number of rotatable bonds is 6. The van der Waals surface area contributed by atoms with Crippen LogP contribution in [0.4, 0.5) is 0 Å². The van der Waals surface area contributed by atoms with Gasteiger partial charge in [0.25, 0.3) is 5.91 Å². The van der Waals surface area contributed by atoms with Crippen molar-refractivity contribution in [2.24, 2.45) is 0 Å². The molecule has 1 aromatic rings. The maximum Gasteiger partial charge on any atom is 0.251 e. The SMILES string of the molecule is CNCCNC(=O)CNC(=O)c1cccc(Br)c1.Cl. The number of halogens is 2. The molecule has 2 amide bonds. The molecule has 0 heterocycles. The molecule has 0 aliphatic heterocycles. The van der Waals surface area contributed by atoms with Gasteiger partial charge in [0.15, 0.2) is 0 Å². The molecule has 5 nitrogen and oxygen atoms in total. The van der Waals surface area contributed by atoms with Gasteiger partial charge in [-0.3, -0.25) is 9.59 Å². The van der Waals surface area contributed by atoms with Gasteiger partial charge in [0.2, 0.25) is 5.91 Å². The standard InChI is InChI=1S/C12H16BrN3O2.ClH/c1-14-5-6-15-11(17)8-16-12(18)9-3-2-4-10(13)7-9;/h2-4,7,14H,5-6,8H2,1H3,(H,15,17)(H,16,18);1H.